The minimum atomic E-state index is -2.83. The van der Waals surface area contributed by atoms with Crippen LogP contribution < -0.4 is 5.73 Å². The molecule has 1 aromatic carbocycles. The van der Waals surface area contributed by atoms with Crippen LogP contribution in [0.3, 0.4) is 0 Å². The maximum atomic E-state index is 11.6. The predicted octanol–water partition coefficient (Wildman–Crippen LogP) is 1.25. The quantitative estimate of drug-likeness (QED) is 0.885. The molecule has 0 amide bonds. The van der Waals surface area contributed by atoms with E-state index in [4.69, 9.17) is 5.73 Å². The SMILES string of the molecule is CN(C1CCS(=O)(=O)C1)C1CC(N)c2ccccc21. The summed E-state index contributed by atoms with van der Waals surface area (Å²) in [5, 5.41) is 0. The van der Waals surface area contributed by atoms with E-state index in [1.807, 2.05) is 19.2 Å². The van der Waals surface area contributed by atoms with Crippen molar-refractivity contribution >= 4 is 9.84 Å². The average Bonchev–Trinajstić information content (AvgIpc) is 2.90. The summed E-state index contributed by atoms with van der Waals surface area (Å²) in [6.07, 6.45) is 1.62. The molecule has 3 rings (SSSR count). The first-order valence-electron chi connectivity index (χ1n) is 6.75. The Hall–Kier alpha value is -0.910. The number of sulfone groups is 1. The number of rotatable bonds is 2. The van der Waals surface area contributed by atoms with Gasteiger partial charge in [0.05, 0.1) is 11.5 Å². The lowest BCUT2D eigenvalue weighted by atomic mass is 10.1. The van der Waals surface area contributed by atoms with Gasteiger partial charge in [0, 0.05) is 18.1 Å². The molecule has 104 valence electrons. The van der Waals surface area contributed by atoms with Gasteiger partial charge >= 0.3 is 0 Å². The maximum Gasteiger partial charge on any atom is 0.151 e. The highest BCUT2D eigenvalue weighted by molar-refractivity contribution is 7.91. The Kier molecular flexibility index (Phi) is 3.15. The Morgan fingerprint density at radius 1 is 1.26 bits per heavy atom. The summed E-state index contributed by atoms with van der Waals surface area (Å²) in [6, 6.07) is 8.70. The first kappa shape index (κ1) is 13.1. The second-order valence-corrected chi connectivity index (χ2v) is 7.94. The molecule has 19 heavy (non-hydrogen) atoms. The standard InChI is InChI=1S/C14H20N2O2S/c1-16(10-6-7-19(17,18)9-10)14-8-13(15)11-4-2-3-5-12(11)14/h2-5,10,13-14H,6-9,15H2,1H3. The molecule has 3 unspecified atom stereocenters. The van der Waals surface area contributed by atoms with Gasteiger partial charge in [-0.25, -0.2) is 8.42 Å². The summed E-state index contributed by atoms with van der Waals surface area (Å²) in [4.78, 5) is 2.22. The van der Waals surface area contributed by atoms with Crippen LogP contribution >= 0.6 is 0 Å². The molecule has 0 bridgehead atoms. The van der Waals surface area contributed by atoms with E-state index >= 15 is 0 Å². The molecule has 0 aromatic heterocycles. The van der Waals surface area contributed by atoms with Crippen LogP contribution in [-0.2, 0) is 9.84 Å². The zero-order valence-corrected chi connectivity index (χ0v) is 11.9. The smallest absolute Gasteiger partial charge is 0.151 e. The molecule has 2 aliphatic rings. The van der Waals surface area contributed by atoms with Crippen LogP contribution in [-0.4, -0.2) is 37.9 Å². The molecule has 0 spiro atoms. The molecule has 1 aliphatic carbocycles. The van der Waals surface area contributed by atoms with Gasteiger partial charge in [-0.3, -0.25) is 4.90 Å². The number of hydrogen-bond acceptors (Lipinski definition) is 4. The van der Waals surface area contributed by atoms with Crippen molar-refractivity contribution in [3.05, 3.63) is 35.4 Å². The molecule has 0 saturated carbocycles. The van der Waals surface area contributed by atoms with E-state index in [9.17, 15) is 8.42 Å². The Bertz CT molecular complexity index is 585. The summed E-state index contributed by atoms with van der Waals surface area (Å²) in [5.74, 6) is 0.611. The van der Waals surface area contributed by atoms with Gasteiger partial charge < -0.3 is 5.73 Å². The molecule has 3 atom stereocenters. The molecule has 1 aromatic rings. The van der Waals surface area contributed by atoms with E-state index in [-0.39, 0.29) is 23.9 Å². The minimum absolute atomic E-state index is 0.0710. The van der Waals surface area contributed by atoms with Gasteiger partial charge in [0.25, 0.3) is 0 Å². The maximum absolute atomic E-state index is 11.6. The first-order valence-corrected chi connectivity index (χ1v) is 8.57. The average molecular weight is 280 g/mol. The van der Waals surface area contributed by atoms with E-state index in [2.05, 4.69) is 17.0 Å². The highest BCUT2D eigenvalue weighted by atomic mass is 32.2. The van der Waals surface area contributed by atoms with Crippen molar-refractivity contribution in [2.75, 3.05) is 18.6 Å². The van der Waals surface area contributed by atoms with Gasteiger partial charge in [0.2, 0.25) is 0 Å². The number of fused-ring (bicyclic) bond motifs is 1. The van der Waals surface area contributed by atoms with Crippen molar-refractivity contribution < 1.29 is 8.42 Å². The van der Waals surface area contributed by atoms with Crippen molar-refractivity contribution in [1.29, 1.82) is 0 Å². The van der Waals surface area contributed by atoms with Crippen molar-refractivity contribution in [3.63, 3.8) is 0 Å². The summed E-state index contributed by atoms with van der Waals surface area (Å²) in [5.41, 5.74) is 8.66. The normalized spacial score (nSPS) is 32.7. The van der Waals surface area contributed by atoms with Crippen LogP contribution in [0.1, 0.15) is 36.1 Å². The van der Waals surface area contributed by atoms with Gasteiger partial charge in [0.1, 0.15) is 0 Å². The number of nitrogens with two attached hydrogens (primary N) is 1. The Balaban J connectivity index is 1.84. The Labute approximate surface area is 114 Å². The molecule has 1 heterocycles. The molecular formula is C14H20N2O2S. The topological polar surface area (TPSA) is 63.4 Å². The fourth-order valence-corrected chi connectivity index (χ4v) is 5.17. The van der Waals surface area contributed by atoms with E-state index in [1.165, 1.54) is 11.1 Å². The van der Waals surface area contributed by atoms with Crippen LogP contribution in [0.25, 0.3) is 0 Å². The van der Waals surface area contributed by atoms with Crippen LogP contribution in [0, 0.1) is 0 Å². The monoisotopic (exact) mass is 280 g/mol. The third-order valence-electron chi connectivity index (χ3n) is 4.51. The third kappa shape index (κ3) is 2.30. The molecule has 2 N–H and O–H groups in total. The lowest BCUT2D eigenvalue weighted by Crippen LogP contribution is -2.35. The van der Waals surface area contributed by atoms with Crippen molar-refractivity contribution in [2.45, 2.75) is 31.0 Å². The fourth-order valence-electron chi connectivity index (χ4n) is 3.38. The summed E-state index contributed by atoms with van der Waals surface area (Å²) >= 11 is 0. The van der Waals surface area contributed by atoms with E-state index in [1.54, 1.807) is 0 Å². The summed E-state index contributed by atoms with van der Waals surface area (Å²) in [7, 11) is -0.801. The number of hydrogen-bond donors (Lipinski definition) is 1. The molecule has 5 heteroatoms. The van der Waals surface area contributed by atoms with Crippen molar-refractivity contribution in [3.8, 4) is 0 Å². The lowest BCUT2D eigenvalue weighted by Gasteiger charge is -2.30. The largest absolute Gasteiger partial charge is 0.324 e. The van der Waals surface area contributed by atoms with E-state index in [0.29, 0.717) is 5.75 Å². The van der Waals surface area contributed by atoms with Crippen LogP contribution in [0.5, 0.6) is 0 Å². The molecule has 1 fully saturated rings. The number of benzene rings is 1. The van der Waals surface area contributed by atoms with Crippen molar-refractivity contribution in [1.82, 2.24) is 4.90 Å². The van der Waals surface area contributed by atoms with Gasteiger partial charge in [0.15, 0.2) is 9.84 Å². The second-order valence-electron chi connectivity index (χ2n) is 5.71. The highest BCUT2D eigenvalue weighted by Crippen LogP contribution is 2.41. The molecule has 1 saturated heterocycles. The first-order chi connectivity index (χ1) is 8.98. The van der Waals surface area contributed by atoms with Gasteiger partial charge in [-0.1, -0.05) is 24.3 Å². The summed E-state index contributed by atoms with van der Waals surface area (Å²) in [6.45, 7) is 0. The third-order valence-corrected chi connectivity index (χ3v) is 6.26. The second kappa shape index (κ2) is 4.58. The zero-order chi connectivity index (χ0) is 13.6. The van der Waals surface area contributed by atoms with E-state index < -0.39 is 9.84 Å². The zero-order valence-electron chi connectivity index (χ0n) is 11.1. The van der Waals surface area contributed by atoms with Gasteiger partial charge in [-0.05, 0) is 31.0 Å². The van der Waals surface area contributed by atoms with Gasteiger partial charge in [-0.15, -0.1) is 0 Å². The Morgan fingerprint density at radius 2 is 1.95 bits per heavy atom. The van der Waals surface area contributed by atoms with Crippen molar-refractivity contribution in [2.24, 2.45) is 5.73 Å². The minimum Gasteiger partial charge on any atom is -0.324 e. The number of nitrogens with zero attached hydrogens (tertiary/aromatic N) is 1. The van der Waals surface area contributed by atoms with Crippen LogP contribution in [0.4, 0.5) is 0 Å². The fraction of sp³-hybridized carbons (Fsp3) is 0.571. The molecular weight excluding hydrogens is 260 g/mol. The summed E-state index contributed by atoms with van der Waals surface area (Å²) < 4.78 is 23.2. The predicted molar refractivity (Wildman–Crippen MR) is 75.6 cm³/mol. The molecule has 4 nitrogen and oxygen atoms in total. The molecule has 1 aliphatic heterocycles. The van der Waals surface area contributed by atoms with E-state index in [0.717, 1.165) is 12.8 Å². The van der Waals surface area contributed by atoms with Gasteiger partial charge in [-0.2, -0.15) is 0 Å². The molecule has 0 radical (unpaired) electrons. The van der Waals surface area contributed by atoms with Crippen LogP contribution in [0.15, 0.2) is 24.3 Å². The Morgan fingerprint density at radius 3 is 2.58 bits per heavy atom. The highest BCUT2D eigenvalue weighted by Gasteiger charge is 2.38. The van der Waals surface area contributed by atoms with Crippen LogP contribution in [0.2, 0.25) is 0 Å². The lowest BCUT2D eigenvalue weighted by molar-refractivity contribution is 0.183.